The van der Waals surface area contributed by atoms with Gasteiger partial charge in [-0.25, -0.2) is 13.2 Å². The van der Waals surface area contributed by atoms with Crippen molar-refractivity contribution >= 4 is 16.1 Å². The van der Waals surface area contributed by atoms with Gasteiger partial charge in [-0.3, -0.25) is 0 Å². The van der Waals surface area contributed by atoms with Crippen LogP contribution in [0.15, 0.2) is 54.6 Å². The molecule has 32 heavy (non-hydrogen) atoms. The van der Waals surface area contributed by atoms with Crippen molar-refractivity contribution in [3.8, 4) is 0 Å². The number of likely N-dealkylation sites (tertiary alicyclic amines) is 1. The van der Waals surface area contributed by atoms with Crippen LogP contribution in [0, 0.1) is 12.8 Å². The molecule has 4 atom stereocenters. The number of carbonyl (C=O) groups is 1. The standard InChI is InChI=1S/C24H29N3O4S/c1-17-7-9-19(10-8-17)13-27-14-20-21-15-26(16-22(31-21)23(20)32(27,29)30)24(28)25-12-11-18-5-3-2-4-6-18/h2-10,20-23H,11-16H2,1H3,(H,25,28)/t20-,21-,22-,23-/m1/s1. The first-order chi connectivity index (χ1) is 15.4. The van der Waals surface area contributed by atoms with Crippen LogP contribution in [0.25, 0.3) is 0 Å². The molecule has 1 N–H and O–H groups in total. The molecule has 2 bridgehead atoms. The number of amides is 2. The topological polar surface area (TPSA) is 79.0 Å². The summed E-state index contributed by atoms with van der Waals surface area (Å²) in [6, 6.07) is 17.8. The number of fused-ring (bicyclic) bond motifs is 5. The molecule has 0 unspecified atom stereocenters. The smallest absolute Gasteiger partial charge is 0.317 e. The SMILES string of the molecule is Cc1ccc(CN2C[C@H]3[C@H]([C@H]4CN(C(=O)NCCc5ccccc5)C[C@H]3O4)S2(=O)=O)cc1. The number of nitrogens with one attached hydrogen (secondary N) is 1. The first-order valence-corrected chi connectivity index (χ1v) is 12.7. The summed E-state index contributed by atoms with van der Waals surface area (Å²) in [5, 5.41) is 2.40. The van der Waals surface area contributed by atoms with Gasteiger partial charge in [0.1, 0.15) is 5.25 Å². The molecule has 7 nitrogen and oxygen atoms in total. The molecule has 2 amide bonds. The zero-order valence-corrected chi connectivity index (χ0v) is 19.0. The number of urea groups is 1. The van der Waals surface area contributed by atoms with Gasteiger partial charge in [0.05, 0.1) is 18.8 Å². The maximum absolute atomic E-state index is 13.3. The van der Waals surface area contributed by atoms with Crippen LogP contribution in [0.3, 0.4) is 0 Å². The van der Waals surface area contributed by atoms with Gasteiger partial charge >= 0.3 is 6.03 Å². The molecule has 0 aromatic heterocycles. The highest BCUT2D eigenvalue weighted by atomic mass is 32.2. The molecule has 170 valence electrons. The average Bonchev–Trinajstić information content (AvgIpc) is 3.20. The van der Waals surface area contributed by atoms with Crippen molar-refractivity contribution in [3.63, 3.8) is 0 Å². The van der Waals surface area contributed by atoms with E-state index in [0.717, 1.165) is 17.5 Å². The van der Waals surface area contributed by atoms with Gasteiger partial charge in [-0.05, 0) is 24.5 Å². The molecule has 8 heteroatoms. The fourth-order valence-corrected chi connectivity index (χ4v) is 7.45. The number of nitrogens with zero attached hydrogens (tertiary/aromatic N) is 2. The lowest BCUT2D eigenvalue weighted by Crippen LogP contribution is -2.52. The van der Waals surface area contributed by atoms with Crippen LogP contribution >= 0.6 is 0 Å². The average molecular weight is 456 g/mol. The van der Waals surface area contributed by atoms with E-state index in [0.29, 0.717) is 32.7 Å². The Kier molecular flexibility index (Phi) is 5.69. The van der Waals surface area contributed by atoms with Crippen molar-refractivity contribution in [2.24, 2.45) is 5.92 Å². The fourth-order valence-electron chi connectivity index (χ4n) is 5.16. The number of hydrogen-bond donors (Lipinski definition) is 1. The molecule has 5 rings (SSSR count). The van der Waals surface area contributed by atoms with Crippen LogP contribution in [0.2, 0.25) is 0 Å². The van der Waals surface area contributed by atoms with Gasteiger partial charge in [-0.1, -0.05) is 60.2 Å². The van der Waals surface area contributed by atoms with E-state index in [-0.39, 0.29) is 18.1 Å². The highest BCUT2D eigenvalue weighted by molar-refractivity contribution is 7.90. The van der Waals surface area contributed by atoms with Gasteiger partial charge in [-0.2, -0.15) is 4.31 Å². The molecule has 0 aliphatic carbocycles. The van der Waals surface area contributed by atoms with E-state index in [4.69, 9.17) is 4.74 Å². The van der Waals surface area contributed by atoms with E-state index in [1.807, 2.05) is 61.5 Å². The summed E-state index contributed by atoms with van der Waals surface area (Å²) in [4.78, 5) is 14.4. The van der Waals surface area contributed by atoms with Crippen molar-refractivity contribution in [3.05, 3.63) is 71.3 Å². The van der Waals surface area contributed by atoms with Crippen molar-refractivity contribution in [2.45, 2.75) is 37.3 Å². The summed E-state index contributed by atoms with van der Waals surface area (Å²) >= 11 is 0. The second-order valence-corrected chi connectivity index (χ2v) is 11.1. The van der Waals surface area contributed by atoms with Gasteiger partial charge in [0, 0.05) is 32.1 Å². The highest BCUT2D eigenvalue weighted by Gasteiger charge is 2.61. The van der Waals surface area contributed by atoms with Crippen LogP contribution in [-0.2, 0) is 27.7 Å². The molecule has 0 radical (unpaired) electrons. The fraction of sp³-hybridized carbons (Fsp3) is 0.458. The Morgan fingerprint density at radius 2 is 1.72 bits per heavy atom. The van der Waals surface area contributed by atoms with Crippen LogP contribution in [0.1, 0.15) is 16.7 Å². The number of benzene rings is 2. The number of hydrogen-bond acceptors (Lipinski definition) is 4. The Hall–Kier alpha value is -2.42. The minimum Gasteiger partial charge on any atom is -0.369 e. The summed E-state index contributed by atoms with van der Waals surface area (Å²) in [6.45, 7) is 4.15. The predicted octanol–water partition coefficient (Wildman–Crippen LogP) is 2.16. The van der Waals surface area contributed by atoms with E-state index < -0.39 is 21.4 Å². The van der Waals surface area contributed by atoms with E-state index in [1.165, 1.54) is 5.56 Å². The number of rotatable bonds is 5. The van der Waals surface area contributed by atoms with Gasteiger partial charge < -0.3 is 15.0 Å². The molecular formula is C24H29N3O4S. The van der Waals surface area contributed by atoms with Crippen molar-refractivity contribution in [1.29, 1.82) is 0 Å². The second kappa shape index (κ2) is 8.50. The lowest BCUT2D eigenvalue weighted by atomic mass is 10.00. The van der Waals surface area contributed by atoms with Crippen LogP contribution in [0.4, 0.5) is 4.79 Å². The molecular weight excluding hydrogens is 426 g/mol. The zero-order chi connectivity index (χ0) is 22.3. The molecule has 3 aliphatic heterocycles. The molecule has 3 aliphatic rings. The van der Waals surface area contributed by atoms with E-state index in [1.54, 1.807) is 9.21 Å². The summed E-state index contributed by atoms with van der Waals surface area (Å²) < 4.78 is 34.3. The second-order valence-electron chi connectivity index (χ2n) is 9.04. The lowest BCUT2D eigenvalue weighted by Gasteiger charge is -2.34. The highest BCUT2D eigenvalue weighted by Crippen LogP contribution is 2.43. The Balaban J connectivity index is 1.21. The third kappa shape index (κ3) is 4.02. The number of sulfonamides is 1. The lowest BCUT2D eigenvalue weighted by molar-refractivity contribution is -0.0345. The molecule has 0 spiro atoms. The number of morpholine rings is 1. The van der Waals surface area contributed by atoms with E-state index in [9.17, 15) is 13.2 Å². The van der Waals surface area contributed by atoms with Gasteiger partial charge in [0.2, 0.25) is 10.0 Å². The van der Waals surface area contributed by atoms with Crippen LogP contribution in [0.5, 0.6) is 0 Å². The molecule has 3 fully saturated rings. The Labute approximate surface area is 189 Å². The zero-order valence-electron chi connectivity index (χ0n) is 18.2. The Morgan fingerprint density at radius 1 is 1.00 bits per heavy atom. The molecule has 3 heterocycles. The normalized spacial score (nSPS) is 28.5. The van der Waals surface area contributed by atoms with Gasteiger partial charge in [-0.15, -0.1) is 0 Å². The van der Waals surface area contributed by atoms with Gasteiger partial charge in [0.15, 0.2) is 0 Å². The molecule has 3 saturated heterocycles. The Bertz CT molecular complexity index is 1070. The molecule has 2 aromatic carbocycles. The van der Waals surface area contributed by atoms with E-state index in [2.05, 4.69) is 5.32 Å². The summed E-state index contributed by atoms with van der Waals surface area (Å²) in [5.41, 5.74) is 3.31. The first kappa shape index (κ1) is 21.4. The maximum Gasteiger partial charge on any atom is 0.317 e. The molecule has 0 saturated carbocycles. The van der Waals surface area contributed by atoms with E-state index >= 15 is 0 Å². The summed E-state index contributed by atoms with van der Waals surface area (Å²) in [6.07, 6.45) is 0.0558. The monoisotopic (exact) mass is 455 g/mol. The number of carbonyl (C=O) groups excluding carboxylic acids is 1. The van der Waals surface area contributed by atoms with Crippen molar-refractivity contribution in [1.82, 2.24) is 14.5 Å². The first-order valence-electron chi connectivity index (χ1n) is 11.2. The minimum atomic E-state index is -3.48. The maximum atomic E-state index is 13.3. The summed E-state index contributed by atoms with van der Waals surface area (Å²) in [7, 11) is -3.48. The number of ether oxygens (including phenoxy) is 1. The minimum absolute atomic E-state index is 0.0995. The predicted molar refractivity (Wildman–Crippen MR) is 122 cm³/mol. The summed E-state index contributed by atoms with van der Waals surface area (Å²) in [5.74, 6) is -0.0995. The third-order valence-corrected chi connectivity index (χ3v) is 9.17. The Morgan fingerprint density at radius 3 is 2.47 bits per heavy atom. The van der Waals surface area contributed by atoms with Crippen LogP contribution in [-0.4, -0.2) is 67.3 Å². The number of aryl methyl sites for hydroxylation is 1. The van der Waals surface area contributed by atoms with Crippen molar-refractivity contribution in [2.75, 3.05) is 26.2 Å². The van der Waals surface area contributed by atoms with Crippen molar-refractivity contribution < 1.29 is 17.9 Å². The molecule has 2 aromatic rings. The van der Waals surface area contributed by atoms with Gasteiger partial charge in [0.25, 0.3) is 0 Å². The largest absolute Gasteiger partial charge is 0.369 e. The third-order valence-electron chi connectivity index (χ3n) is 6.83. The quantitative estimate of drug-likeness (QED) is 0.750. The van der Waals surface area contributed by atoms with Crippen LogP contribution < -0.4 is 5.32 Å².